The van der Waals surface area contributed by atoms with Gasteiger partial charge in [0, 0.05) is 24.5 Å². The molecule has 1 atom stereocenters. The summed E-state index contributed by atoms with van der Waals surface area (Å²) in [5, 5.41) is 4.02. The first-order valence-electron chi connectivity index (χ1n) is 7.96. The van der Waals surface area contributed by atoms with Crippen LogP contribution < -0.4 is 0 Å². The van der Waals surface area contributed by atoms with Crippen molar-refractivity contribution in [2.24, 2.45) is 0 Å². The van der Waals surface area contributed by atoms with Crippen LogP contribution in [0.2, 0.25) is 0 Å². The fraction of sp³-hybridized carbons (Fsp3) is 0.222. The lowest BCUT2D eigenvalue weighted by atomic mass is 10.1. The lowest BCUT2D eigenvalue weighted by Crippen LogP contribution is -2.43. The molecule has 3 aromatic rings. The highest BCUT2D eigenvalue weighted by atomic mass is 16.5. The molecule has 0 bridgehead atoms. The standard InChI is InChI=1S/C18H16N4O3/c23-16-12-24-11-15(22(16)10-13-4-2-1-3-5-13)18-20-17(21-25-18)14-6-8-19-9-7-14/h1-9,15H,10-12H2/t15-/m1/s1. The average molecular weight is 336 g/mol. The van der Waals surface area contributed by atoms with Crippen molar-refractivity contribution >= 4 is 5.91 Å². The number of aromatic nitrogens is 3. The van der Waals surface area contributed by atoms with Crippen LogP contribution in [-0.4, -0.2) is 39.1 Å². The minimum atomic E-state index is -0.399. The Labute approximate surface area is 144 Å². The van der Waals surface area contributed by atoms with E-state index in [1.807, 2.05) is 30.3 Å². The van der Waals surface area contributed by atoms with Gasteiger partial charge in [-0.25, -0.2) is 0 Å². The zero-order valence-corrected chi connectivity index (χ0v) is 13.4. The minimum absolute atomic E-state index is 0.0642. The number of benzene rings is 1. The molecular weight excluding hydrogens is 320 g/mol. The molecule has 0 radical (unpaired) electrons. The van der Waals surface area contributed by atoms with E-state index in [2.05, 4.69) is 15.1 Å². The number of ether oxygens (including phenoxy) is 1. The van der Waals surface area contributed by atoms with Gasteiger partial charge in [-0.15, -0.1) is 0 Å². The molecular formula is C18H16N4O3. The molecule has 1 saturated heterocycles. The highest BCUT2D eigenvalue weighted by molar-refractivity contribution is 5.78. The van der Waals surface area contributed by atoms with Crippen LogP contribution in [0.3, 0.4) is 0 Å². The molecule has 1 aromatic carbocycles. The minimum Gasteiger partial charge on any atom is -0.369 e. The SMILES string of the molecule is O=C1COC[C@H](c2nc(-c3ccncc3)no2)N1Cc1ccccc1. The Bertz CT molecular complexity index is 851. The zero-order chi connectivity index (χ0) is 17.1. The third-order valence-corrected chi connectivity index (χ3v) is 4.06. The number of carbonyl (C=O) groups is 1. The lowest BCUT2D eigenvalue weighted by Gasteiger charge is -2.33. The molecule has 7 heteroatoms. The predicted molar refractivity (Wildman–Crippen MR) is 88.1 cm³/mol. The molecule has 0 saturated carbocycles. The summed E-state index contributed by atoms with van der Waals surface area (Å²) >= 11 is 0. The van der Waals surface area contributed by atoms with Crippen molar-refractivity contribution in [2.45, 2.75) is 12.6 Å². The molecule has 1 aliphatic heterocycles. The molecule has 1 aliphatic rings. The van der Waals surface area contributed by atoms with E-state index in [-0.39, 0.29) is 12.5 Å². The van der Waals surface area contributed by atoms with Crippen molar-refractivity contribution in [3.8, 4) is 11.4 Å². The van der Waals surface area contributed by atoms with Crippen LogP contribution in [0.1, 0.15) is 17.5 Å². The second-order valence-electron chi connectivity index (χ2n) is 5.73. The first kappa shape index (κ1) is 15.5. The highest BCUT2D eigenvalue weighted by Crippen LogP contribution is 2.27. The smallest absolute Gasteiger partial charge is 0.252 e. The van der Waals surface area contributed by atoms with Gasteiger partial charge in [0.2, 0.25) is 11.7 Å². The van der Waals surface area contributed by atoms with E-state index in [9.17, 15) is 4.79 Å². The summed E-state index contributed by atoms with van der Waals surface area (Å²) in [7, 11) is 0. The summed E-state index contributed by atoms with van der Waals surface area (Å²) in [4.78, 5) is 22.5. The maximum absolute atomic E-state index is 12.4. The largest absolute Gasteiger partial charge is 0.369 e. The fourth-order valence-corrected chi connectivity index (χ4v) is 2.78. The first-order chi connectivity index (χ1) is 12.3. The molecule has 25 heavy (non-hydrogen) atoms. The van der Waals surface area contributed by atoms with Crippen LogP contribution in [0.5, 0.6) is 0 Å². The summed E-state index contributed by atoms with van der Waals surface area (Å²) < 4.78 is 10.8. The van der Waals surface area contributed by atoms with Crippen LogP contribution >= 0.6 is 0 Å². The van der Waals surface area contributed by atoms with Gasteiger partial charge in [-0.3, -0.25) is 9.78 Å². The van der Waals surface area contributed by atoms with Gasteiger partial charge >= 0.3 is 0 Å². The lowest BCUT2D eigenvalue weighted by molar-refractivity contribution is -0.150. The second-order valence-corrected chi connectivity index (χ2v) is 5.73. The third-order valence-electron chi connectivity index (χ3n) is 4.06. The summed E-state index contributed by atoms with van der Waals surface area (Å²) in [6.07, 6.45) is 3.33. The van der Waals surface area contributed by atoms with Gasteiger partial charge in [0.1, 0.15) is 12.6 Å². The molecule has 0 spiro atoms. The maximum atomic E-state index is 12.4. The van der Waals surface area contributed by atoms with Gasteiger partial charge in [-0.05, 0) is 17.7 Å². The topological polar surface area (TPSA) is 81.3 Å². The van der Waals surface area contributed by atoms with Gasteiger partial charge in [0.15, 0.2) is 0 Å². The molecule has 7 nitrogen and oxygen atoms in total. The van der Waals surface area contributed by atoms with Crippen molar-refractivity contribution in [3.05, 3.63) is 66.3 Å². The maximum Gasteiger partial charge on any atom is 0.252 e. The van der Waals surface area contributed by atoms with Crippen molar-refractivity contribution < 1.29 is 14.1 Å². The number of hydrogen-bond acceptors (Lipinski definition) is 6. The number of pyridine rings is 1. The predicted octanol–water partition coefficient (Wildman–Crippen LogP) is 2.23. The number of morpholine rings is 1. The Morgan fingerprint density at radius 1 is 1.12 bits per heavy atom. The van der Waals surface area contributed by atoms with Crippen molar-refractivity contribution in [1.82, 2.24) is 20.0 Å². The highest BCUT2D eigenvalue weighted by Gasteiger charge is 2.34. The van der Waals surface area contributed by atoms with Gasteiger partial charge < -0.3 is 14.2 Å². The van der Waals surface area contributed by atoms with E-state index in [1.165, 1.54) is 0 Å². The van der Waals surface area contributed by atoms with Gasteiger partial charge in [0.25, 0.3) is 5.89 Å². The summed E-state index contributed by atoms with van der Waals surface area (Å²) in [5.41, 5.74) is 1.85. The molecule has 126 valence electrons. The summed E-state index contributed by atoms with van der Waals surface area (Å²) in [5.74, 6) is 0.745. The van der Waals surface area contributed by atoms with Crippen molar-refractivity contribution in [1.29, 1.82) is 0 Å². The quantitative estimate of drug-likeness (QED) is 0.727. The zero-order valence-electron chi connectivity index (χ0n) is 13.4. The Morgan fingerprint density at radius 3 is 2.72 bits per heavy atom. The average Bonchev–Trinajstić information content (AvgIpc) is 3.15. The molecule has 0 aliphatic carbocycles. The molecule has 1 fully saturated rings. The van der Waals surface area contributed by atoms with E-state index in [0.717, 1.165) is 11.1 Å². The summed E-state index contributed by atoms with van der Waals surface area (Å²) in [6.45, 7) is 0.867. The van der Waals surface area contributed by atoms with E-state index >= 15 is 0 Å². The summed E-state index contributed by atoms with van der Waals surface area (Å²) in [6, 6.07) is 13.0. The Hall–Kier alpha value is -3.06. The van der Waals surface area contributed by atoms with E-state index in [4.69, 9.17) is 9.26 Å². The third kappa shape index (κ3) is 3.27. The number of amides is 1. The van der Waals surface area contributed by atoms with Crippen LogP contribution in [-0.2, 0) is 16.1 Å². The van der Waals surface area contributed by atoms with Crippen LogP contribution in [0.4, 0.5) is 0 Å². The first-order valence-corrected chi connectivity index (χ1v) is 7.96. The van der Waals surface area contributed by atoms with E-state index in [1.54, 1.807) is 29.4 Å². The van der Waals surface area contributed by atoms with Crippen LogP contribution in [0.25, 0.3) is 11.4 Å². The van der Waals surface area contributed by atoms with Gasteiger partial charge in [0.05, 0.1) is 6.61 Å². The number of hydrogen-bond donors (Lipinski definition) is 0. The Morgan fingerprint density at radius 2 is 1.92 bits per heavy atom. The second kappa shape index (κ2) is 6.82. The van der Waals surface area contributed by atoms with Crippen molar-refractivity contribution in [3.63, 3.8) is 0 Å². The van der Waals surface area contributed by atoms with Gasteiger partial charge in [-0.2, -0.15) is 4.98 Å². The van der Waals surface area contributed by atoms with Crippen LogP contribution in [0.15, 0.2) is 59.4 Å². The number of nitrogens with zero attached hydrogens (tertiary/aromatic N) is 4. The molecule has 0 unspecified atom stereocenters. The van der Waals surface area contributed by atoms with Crippen LogP contribution in [0, 0.1) is 0 Å². The molecule has 0 N–H and O–H groups in total. The monoisotopic (exact) mass is 336 g/mol. The van der Waals surface area contributed by atoms with E-state index < -0.39 is 6.04 Å². The molecule has 4 rings (SSSR count). The van der Waals surface area contributed by atoms with Gasteiger partial charge in [-0.1, -0.05) is 35.5 Å². The molecule has 1 amide bonds. The Balaban J connectivity index is 1.61. The number of rotatable bonds is 4. The van der Waals surface area contributed by atoms with Crippen molar-refractivity contribution in [2.75, 3.05) is 13.2 Å². The molecule has 2 aromatic heterocycles. The molecule has 3 heterocycles. The number of carbonyl (C=O) groups excluding carboxylic acids is 1. The Kier molecular flexibility index (Phi) is 4.22. The fourth-order valence-electron chi connectivity index (χ4n) is 2.78. The normalized spacial score (nSPS) is 17.7. The van der Waals surface area contributed by atoms with E-state index in [0.29, 0.717) is 24.9 Å².